The van der Waals surface area contributed by atoms with Gasteiger partial charge in [0.25, 0.3) is 5.91 Å². The number of anilines is 2. The lowest BCUT2D eigenvalue weighted by molar-refractivity contribution is -0.118. The number of benzene rings is 2. The first kappa shape index (κ1) is 21.6. The van der Waals surface area contributed by atoms with Gasteiger partial charge >= 0.3 is 5.97 Å². The normalized spacial score (nSPS) is 14.4. The first-order valence-corrected chi connectivity index (χ1v) is 10.5. The lowest BCUT2D eigenvalue weighted by Gasteiger charge is -2.33. The summed E-state index contributed by atoms with van der Waals surface area (Å²) >= 11 is 0. The Morgan fingerprint density at radius 2 is 1.88 bits per heavy atom. The van der Waals surface area contributed by atoms with Gasteiger partial charge in [0, 0.05) is 37.3 Å². The number of aryl methyl sites for hydroxylation is 1. The van der Waals surface area contributed by atoms with Gasteiger partial charge in [0.1, 0.15) is 11.6 Å². The van der Waals surface area contributed by atoms with Crippen LogP contribution in [0.5, 0.6) is 5.75 Å². The van der Waals surface area contributed by atoms with Crippen molar-refractivity contribution in [1.29, 1.82) is 0 Å². The Morgan fingerprint density at radius 1 is 1.09 bits per heavy atom. The van der Waals surface area contributed by atoms with Crippen LogP contribution in [0.1, 0.15) is 15.9 Å². The number of aromatic carboxylic acids is 1. The third-order valence-electron chi connectivity index (χ3n) is 5.50. The summed E-state index contributed by atoms with van der Waals surface area (Å²) in [6, 6.07) is 14.2. The zero-order valence-corrected chi connectivity index (χ0v) is 18.2. The molecule has 1 fully saturated rings. The molecule has 4 rings (SSSR count). The van der Waals surface area contributed by atoms with Crippen molar-refractivity contribution in [2.75, 3.05) is 50.1 Å². The number of hydrogen-bond acceptors (Lipinski definition) is 6. The van der Waals surface area contributed by atoms with E-state index in [9.17, 15) is 14.7 Å². The first-order valence-electron chi connectivity index (χ1n) is 10.5. The Labute approximate surface area is 186 Å². The molecule has 1 aliphatic heterocycles. The van der Waals surface area contributed by atoms with E-state index in [-0.39, 0.29) is 18.1 Å². The number of fused-ring (bicyclic) bond motifs is 1. The molecule has 0 radical (unpaired) electrons. The SMILES string of the molecule is Cc1cccc(OCC(=O)Nc2ccc3nc(N4CCN(C)CC4)cc(C(=O)O)c3c2)c1. The summed E-state index contributed by atoms with van der Waals surface area (Å²) in [6.07, 6.45) is 0. The molecule has 0 atom stereocenters. The number of rotatable bonds is 6. The number of pyridine rings is 1. The van der Waals surface area contributed by atoms with Crippen LogP contribution in [0.4, 0.5) is 11.5 Å². The number of hydrogen-bond donors (Lipinski definition) is 2. The maximum absolute atomic E-state index is 12.3. The molecule has 2 heterocycles. The van der Waals surface area contributed by atoms with E-state index in [1.165, 1.54) is 0 Å². The van der Waals surface area contributed by atoms with Crippen molar-refractivity contribution in [2.24, 2.45) is 0 Å². The van der Waals surface area contributed by atoms with Gasteiger partial charge in [-0.25, -0.2) is 9.78 Å². The molecule has 8 heteroatoms. The Hall–Kier alpha value is -3.65. The Kier molecular flexibility index (Phi) is 6.23. The van der Waals surface area contributed by atoms with E-state index in [1.807, 2.05) is 25.1 Å². The predicted molar refractivity (Wildman–Crippen MR) is 124 cm³/mol. The number of ether oxygens (including phenoxy) is 1. The van der Waals surface area contributed by atoms with Crippen LogP contribution in [-0.2, 0) is 4.79 Å². The summed E-state index contributed by atoms with van der Waals surface area (Å²) < 4.78 is 5.53. The van der Waals surface area contributed by atoms with Crippen molar-refractivity contribution in [3.63, 3.8) is 0 Å². The van der Waals surface area contributed by atoms with E-state index in [0.29, 0.717) is 28.2 Å². The number of carbonyl (C=O) groups excluding carboxylic acids is 1. The highest BCUT2D eigenvalue weighted by atomic mass is 16.5. The zero-order chi connectivity index (χ0) is 22.7. The number of carbonyl (C=O) groups is 2. The molecule has 1 saturated heterocycles. The van der Waals surface area contributed by atoms with Crippen molar-refractivity contribution < 1.29 is 19.4 Å². The van der Waals surface area contributed by atoms with Crippen molar-refractivity contribution in [3.8, 4) is 5.75 Å². The molecule has 8 nitrogen and oxygen atoms in total. The molecule has 32 heavy (non-hydrogen) atoms. The topological polar surface area (TPSA) is 95.0 Å². The van der Waals surface area contributed by atoms with Crippen LogP contribution >= 0.6 is 0 Å². The number of amides is 1. The van der Waals surface area contributed by atoms with Gasteiger partial charge < -0.3 is 25.0 Å². The van der Waals surface area contributed by atoms with Gasteiger partial charge in [-0.05, 0) is 55.9 Å². The molecule has 2 aromatic carbocycles. The van der Waals surface area contributed by atoms with Crippen molar-refractivity contribution in [2.45, 2.75) is 6.92 Å². The molecule has 0 bridgehead atoms. The largest absolute Gasteiger partial charge is 0.484 e. The minimum atomic E-state index is -1.03. The Balaban J connectivity index is 1.52. The molecule has 1 aliphatic rings. The summed E-state index contributed by atoms with van der Waals surface area (Å²) in [5.41, 5.74) is 2.28. The monoisotopic (exact) mass is 434 g/mol. The predicted octanol–water partition coefficient (Wildman–Crippen LogP) is 3.01. The fraction of sp³-hybridized carbons (Fsp3) is 0.292. The molecule has 0 saturated carbocycles. The van der Waals surface area contributed by atoms with Crippen LogP contribution in [0.3, 0.4) is 0 Å². The summed E-state index contributed by atoms with van der Waals surface area (Å²) in [4.78, 5) is 33.3. The number of nitrogens with zero attached hydrogens (tertiary/aromatic N) is 3. The summed E-state index contributed by atoms with van der Waals surface area (Å²) in [7, 11) is 2.07. The smallest absolute Gasteiger partial charge is 0.336 e. The third kappa shape index (κ3) is 4.97. The molecule has 3 aromatic rings. The number of carboxylic acid groups (broad SMARTS) is 1. The number of aromatic nitrogens is 1. The van der Waals surface area contributed by atoms with Crippen LogP contribution in [0, 0.1) is 6.92 Å². The van der Waals surface area contributed by atoms with E-state index in [2.05, 4.69) is 27.1 Å². The van der Waals surface area contributed by atoms with Crippen LogP contribution < -0.4 is 15.0 Å². The summed E-state index contributed by atoms with van der Waals surface area (Å²) in [6.45, 7) is 5.20. The van der Waals surface area contributed by atoms with E-state index in [1.54, 1.807) is 30.3 Å². The average molecular weight is 434 g/mol. The van der Waals surface area contributed by atoms with Crippen molar-refractivity contribution >= 4 is 34.3 Å². The van der Waals surface area contributed by atoms with Crippen LogP contribution in [0.25, 0.3) is 10.9 Å². The highest BCUT2D eigenvalue weighted by Crippen LogP contribution is 2.26. The van der Waals surface area contributed by atoms with Crippen LogP contribution in [0.15, 0.2) is 48.5 Å². The van der Waals surface area contributed by atoms with Crippen molar-refractivity contribution in [3.05, 3.63) is 59.7 Å². The average Bonchev–Trinajstić information content (AvgIpc) is 2.77. The Bertz CT molecular complexity index is 1160. The number of likely N-dealkylation sites (N-methyl/N-ethyl adjacent to an activating group) is 1. The van der Waals surface area contributed by atoms with E-state index in [0.717, 1.165) is 31.7 Å². The number of piperazine rings is 1. The molecule has 0 spiro atoms. The van der Waals surface area contributed by atoms with Crippen LogP contribution in [0.2, 0.25) is 0 Å². The van der Waals surface area contributed by atoms with Gasteiger partial charge in [0.15, 0.2) is 6.61 Å². The maximum atomic E-state index is 12.3. The number of carboxylic acids is 1. The molecular weight excluding hydrogens is 408 g/mol. The molecule has 1 amide bonds. The fourth-order valence-corrected chi connectivity index (χ4v) is 3.72. The van der Waals surface area contributed by atoms with E-state index < -0.39 is 5.97 Å². The minimum absolute atomic E-state index is 0.145. The third-order valence-corrected chi connectivity index (χ3v) is 5.50. The van der Waals surface area contributed by atoms with Gasteiger partial charge in [0.2, 0.25) is 0 Å². The first-order chi connectivity index (χ1) is 15.4. The summed E-state index contributed by atoms with van der Waals surface area (Å²) in [5, 5.41) is 13.0. The second-order valence-corrected chi connectivity index (χ2v) is 8.01. The maximum Gasteiger partial charge on any atom is 0.336 e. The number of nitrogens with one attached hydrogen (secondary N) is 1. The quantitative estimate of drug-likeness (QED) is 0.616. The van der Waals surface area contributed by atoms with E-state index in [4.69, 9.17) is 4.74 Å². The molecular formula is C24H26N4O4. The van der Waals surface area contributed by atoms with Crippen LogP contribution in [-0.4, -0.2) is 66.7 Å². The van der Waals surface area contributed by atoms with Crippen molar-refractivity contribution in [1.82, 2.24) is 9.88 Å². The van der Waals surface area contributed by atoms with Gasteiger partial charge in [0.05, 0.1) is 11.1 Å². The molecule has 166 valence electrons. The lowest BCUT2D eigenvalue weighted by atomic mass is 10.1. The minimum Gasteiger partial charge on any atom is -0.484 e. The summed E-state index contributed by atoms with van der Waals surface area (Å²) in [5.74, 6) is -0.0809. The van der Waals surface area contributed by atoms with Gasteiger partial charge in [-0.2, -0.15) is 0 Å². The molecule has 0 aliphatic carbocycles. The molecule has 1 aromatic heterocycles. The van der Waals surface area contributed by atoms with Gasteiger partial charge in [-0.3, -0.25) is 4.79 Å². The lowest BCUT2D eigenvalue weighted by Crippen LogP contribution is -2.44. The molecule has 2 N–H and O–H groups in total. The van der Waals surface area contributed by atoms with Gasteiger partial charge in [-0.15, -0.1) is 0 Å². The zero-order valence-electron chi connectivity index (χ0n) is 18.2. The van der Waals surface area contributed by atoms with E-state index >= 15 is 0 Å². The fourth-order valence-electron chi connectivity index (χ4n) is 3.72. The highest BCUT2D eigenvalue weighted by molar-refractivity contribution is 6.05. The second-order valence-electron chi connectivity index (χ2n) is 8.01. The standard InChI is InChI=1S/C24H26N4O4/c1-16-4-3-5-18(12-16)32-15-23(29)25-17-6-7-21-19(13-17)20(24(30)31)14-22(26-21)28-10-8-27(2)9-11-28/h3-7,12-14H,8-11,15H2,1-2H3,(H,25,29)(H,30,31). The highest BCUT2D eigenvalue weighted by Gasteiger charge is 2.19. The molecule has 0 unspecified atom stereocenters. The second kappa shape index (κ2) is 9.23. The Morgan fingerprint density at radius 3 is 2.59 bits per heavy atom. The van der Waals surface area contributed by atoms with Gasteiger partial charge in [-0.1, -0.05) is 12.1 Å².